The summed E-state index contributed by atoms with van der Waals surface area (Å²) in [6.07, 6.45) is 5.29. The summed E-state index contributed by atoms with van der Waals surface area (Å²) >= 11 is 0. The number of benzene rings is 1. The van der Waals surface area contributed by atoms with Crippen LogP contribution in [0.15, 0.2) is 35.6 Å². The van der Waals surface area contributed by atoms with Crippen molar-refractivity contribution in [3.05, 3.63) is 63.6 Å². The first-order valence-corrected chi connectivity index (χ1v) is 8.62. The average molecular weight is 365 g/mol. The van der Waals surface area contributed by atoms with E-state index in [2.05, 4.69) is 24.8 Å². The van der Waals surface area contributed by atoms with E-state index in [1.165, 1.54) is 12.4 Å². The van der Waals surface area contributed by atoms with Crippen molar-refractivity contribution in [3.8, 4) is 22.9 Å². The van der Waals surface area contributed by atoms with Gasteiger partial charge in [-0.2, -0.15) is 0 Å². The molecule has 3 heterocycles. The minimum Gasteiger partial charge on any atom is -0.508 e. The number of rotatable bonds is 3. The zero-order valence-corrected chi connectivity index (χ0v) is 14.8. The largest absolute Gasteiger partial charge is 0.508 e. The number of aryl methyl sites for hydroxylation is 1. The van der Waals surface area contributed by atoms with Gasteiger partial charge in [0.05, 0.1) is 16.8 Å². The second kappa shape index (κ2) is 6.81. The second-order valence-electron chi connectivity index (χ2n) is 6.69. The molecule has 8 nitrogen and oxygen atoms in total. The van der Waals surface area contributed by atoms with Crippen LogP contribution >= 0.6 is 0 Å². The summed E-state index contributed by atoms with van der Waals surface area (Å²) in [7, 11) is 0. The van der Waals surface area contributed by atoms with Crippen LogP contribution in [0.1, 0.15) is 22.4 Å². The van der Waals surface area contributed by atoms with E-state index in [1.54, 1.807) is 18.5 Å². The van der Waals surface area contributed by atoms with Gasteiger partial charge < -0.3 is 15.2 Å². The van der Waals surface area contributed by atoms with Gasteiger partial charge in [0.15, 0.2) is 0 Å². The summed E-state index contributed by atoms with van der Waals surface area (Å²) in [6, 6.07) is 2.96. The summed E-state index contributed by atoms with van der Waals surface area (Å²) in [5, 5.41) is 19.7. The molecular weight excluding hydrogens is 346 g/mol. The Kier molecular flexibility index (Phi) is 4.33. The van der Waals surface area contributed by atoms with Crippen LogP contribution in [0, 0.1) is 6.92 Å². The zero-order chi connectivity index (χ0) is 19.0. The Hall–Kier alpha value is -3.26. The highest BCUT2D eigenvalue weighted by atomic mass is 16.3. The minimum absolute atomic E-state index is 0.0378. The quantitative estimate of drug-likeness (QED) is 0.644. The molecule has 27 heavy (non-hydrogen) atoms. The number of hydrogen-bond acceptors (Lipinski definition) is 7. The number of nitrogens with one attached hydrogen (secondary N) is 1. The standard InChI is InChI=1S/C19H19N5O3/c1-11-4-13(25)5-17(26)14(11)8-24-3-2-16-15(9-24)19(27)23-18(22-16)12-6-20-10-21-7-12/h4-7,10,25-26H,2-3,8-9H2,1H3,(H,22,23,27). The van der Waals surface area contributed by atoms with Crippen LogP contribution in [0.4, 0.5) is 0 Å². The molecule has 0 spiro atoms. The Balaban J connectivity index is 1.60. The average Bonchev–Trinajstić information content (AvgIpc) is 2.65. The van der Waals surface area contributed by atoms with Crippen molar-refractivity contribution < 1.29 is 10.2 Å². The van der Waals surface area contributed by atoms with Crippen molar-refractivity contribution in [1.82, 2.24) is 24.8 Å². The Morgan fingerprint density at radius 1 is 1.22 bits per heavy atom. The molecule has 0 unspecified atom stereocenters. The topological polar surface area (TPSA) is 115 Å². The predicted molar refractivity (Wildman–Crippen MR) is 98.2 cm³/mol. The SMILES string of the molecule is Cc1cc(O)cc(O)c1CN1CCc2nc(-c3cncnc3)[nH]c(=O)c2C1. The molecule has 0 saturated heterocycles. The lowest BCUT2D eigenvalue weighted by Gasteiger charge is -2.28. The number of phenols is 2. The number of aromatic nitrogens is 4. The summed E-state index contributed by atoms with van der Waals surface area (Å²) in [4.78, 5) is 30.0. The van der Waals surface area contributed by atoms with Crippen LogP contribution in [0.3, 0.4) is 0 Å². The highest BCUT2D eigenvalue weighted by Gasteiger charge is 2.23. The van der Waals surface area contributed by atoms with Gasteiger partial charge in [-0.05, 0) is 18.6 Å². The van der Waals surface area contributed by atoms with Gasteiger partial charge in [-0.25, -0.2) is 15.0 Å². The third kappa shape index (κ3) is 3.39. The van der Waals surface area contributed by atoms with Gasteiger partial charge in [0, 0.05) is 50.1 Å². The maximum atomic E-state index is 12.6. The van der Waals surface area contributed by atoms with Crippen molar-refractivity contribution in [1.29, 1.82) is 0 Å². The van der Waals surface area contributed by atoms with E-state index in [4.69, 9.17) is 0 Å². The third-order valence-corrected chi connectivity index (χ3v) is 4.80. The normalized spacial score (nSPS) is 14.1. The molecule has 3 N–H and O–H groups in total. The maximum absolute atomic E-state index is 12.6. The third-order valence-electron chi connectivity index (χ3n) is 4.80. The van der Waals surface area contributed by atoms with E-state index < -0.39 is 0 Å². The van der Waals surface area contributed by atoms with Gasteiger partial charge in [-0.3, -0.25) is 9.69 Å². The van der Waals surface area contributed by atoms with Crippen molar-refractivity contribution in [3.63, 3.8) is 0 Å². The minimum atomic E-state index is -0.171. The molecular formula is C19H19N5O3. The molecule has 4 rings (SSSR count). The van der Waals surface area contributed by atoms with E-state index >= 15 is 0 Å². The van der Waals surface area contributed by atoms with Crippen LogP contribution in [0.25, 0.3) is 11.4 Å². The molecule has 0 bridgehead atoms. The Morgan fingerprint density at radius 2 is 2.00 bits per heavy atom. The first-order valence-electron chi connectivity index (χ1n) is 8.62. The monoisotopic (exact) mass is 365 g/mol. The fraction of sp³-hybridized carbons (Fsp3) is 0.263. The molecule has 138 valence electrons. The molecule has 1 aliphatic heterocycles. The van der Waals surface area contributed by atoms with E-state index in [9.17, 15) is 15.0 Å². The molecule has 1 aliphatic rings. The predicted octanol–water partition coefficient (Wildman–Crippen LogP) is 1.50. The van der Waals surface area contributed by atoms with Crippen molar-refractivity contribution in [2.45, 2.75) is 26.4 Å². The van der Waals surface area contributed by atoms with E-state index in [0.717, 1.165) is 16.8 Å². The van der Waals surface area contributed by atoms with Gasteiger partial charge in [0.2, 0.25) is 0 Å². The number of hydrogen-bond donors (Lipinski definition) is 3. The molecule has 2 aromatic heterocycles. The lowest BCUT2D eigenvalue weighted by Crippen LogP contribution is -2.35. The number of aromatic hydroxyl groups is 2. The lowest BCUT2D eigenvalue weighted by atomic mass is 10.0. The lowest BCUT2D eigenvalue weighted by molar-refractivity contribution is 0.238. The summed E-state index contributed by atoms with van der Waals surface area (Å²) in [6.45, 7) is 3.50. The summed E-state index contributed by atoms with van der Waals surface area (Å²) < 4.78 is 0. The fourth-order valence-electron chi connectivity index (χ4n) is 3.38. The van der Waals surface area contributed by atoms with Crippen molar-refractivity contribution in [2.24, 2.45) is 0 Å². The number of H-pyrrole nitrogens is 1. The molecule has 0 aliphatic carbocycles. The van der Waals surface area contributed by atoms with Crippen LogP contribution in [0.5, 0.6) is 11.5 Å². The Labute approximate surface area is 155 Å². The molecule has 0 radical (unpaired) electrons. The second-order valence-corrected chi connectivity index (χ2v) is 6.69. The van der Waals surface area contributed by atoms with Crippen molar-refractivity contribution in [2.75, 3.05) is 6.54 Å². The van der Waals surface area contributed by atoms with E-state index in [0.29, 0.717) is 43.0 Å². The molecule has 8 heteroatoms. The fourth-order valence-corrected chi connectivity index (χ4v) is 3.38. The van der Waals surface area contributed by atoms with Crippen LogP contribution < -0.4 is 5.56 Å². The molecule has 0 saturated carbocycles. The zero-order valence-electron chi connectivity index (χ0n) is 14.8. The number of fused-ring (bicyclic) bond motifs is 1. The van der Waals surface area contributed by atoms with Gasteiger partial charge >= 0.3 is 0 Å². The van der Waals surface area contributed by atoms with Crippen LogP contribution in [-0.4, -0.2) is 41.6 Å². The highest BCUT2D eigenvalue weighted by Crippen LogP contribution is 2.29. The van der Waals surface area contributed by atoms with Crippen molar-refractivity contribution >= 4 is 0 Å². The molecule has 0 amide bonds. The molecule has 1 aromatic carbocycles. The Morgan fingerprint density at radius 3 is 2.74 bits per heavy atom. The first kappa shape index (κ1) is 17.2. The smallest absolute Gasteiger partial charge is 0.255 e. The van der Waals surface area contributed by atoms with Crippen LogP contribution in [-0.2, 0) is 19.5 Å². The van der Waals surface area contributed by atoms with Gasteiger partial charge in [-0.1, -0.05) is 0 Å². The highest BCUT2D eigenvalue weighted by molar-refractivity contribution is 5.52. The van der Waals surface area contributed by atoms with Crippen LogP contribution in [0.2, 0.25) is 0 Å². The summed E-state index contributed by atoms with van der Waals surface area (Å²) in [5.74, 6) is 0.570. The number of nitrogens with zero attached hydrogens (tertiary/aromatic N) is 4. The van der Waals surface area contributed by atoms with Gasteiger partial charge in [0.1, 0.15) is 23.7 Å². The number of phenolic OH excluding ortho intramolecular Hbond substituents is 2. The number of aromatic amines is 1. The van der Waals surface area contributed by atoms with Gasteiger partial charge in [-0.15, -0.1) is 0 Å². The Bertz CT molecular complexity index is 1030. The van der Waals surface area contributed by atoms with Gasteiger partial charge in [0.25, 0.3) is 5.56 Å². The summed E-state index contributed by atoms with van der Waals surface area (Å²) in [5.41, 5.74) is 3.47. The molecule has 0 atom stereocenters. The molecule has 0 fully saturated rings. The molecule has 3 aromatic rings. The van der Waals surface area contributed by atoms with E-state index in [-0.39, 0.29) is 17.1 Å². The first-order chi connectivity index (χ1) is 13.0. The maximum Gasteiger partial charge on any atom is 0.255 e. The van der Waals surface area contributed by atoms with E-state index in [1.807, 2.05) is 6.92 Å².